The second kappa shape index (κ2) is 7.31. The molecule has 3 aromatic carbocycles. The van der Waals surface area contributed by atoms with E-state index in [2.05, 4.69) is 0 Å². The van der Waals surface area contributed by atoms with E-state index in [4.69, 9.17) is 0 Å². The highest BCUT2D eigenvalue weighted by Gasteiger charge is 2.32. The number of nitrogens with zero attached hydrogens (tertiary/aromatic N) is 2. The van der Waals surface area contributed by atoms with Crippen molar-refractivity contribution in [2.24, 2.45) is 0 Å². The molecule has 0 amide bonds. The fourth-order valence-corrected chi connectivity index (χ4v) is 3.91. The van der Waals surface area contributed by atoms with E-state index in [-0.39, 0.29) is 0 Å². The predicted octanol–water partition coefficient (Wildman–Crippen LogP) is 3.91. The van der Waals surface area contributed by atoms with Gasteiger partial charge in [-0.15, -0.1) is 0 Å². The van der Waals surface area contributed by atoms with Gasteiger partial charge in [0.1, 0.15) is 5.69 Å². The molecule has 1 heterocycles. The predicted molar refractivity (Wildman–Crippen MR) is 112 cm³/mol. The molecule has 0 N–H and O–H groups in total. The molecule has 3 aromatic rings. The quantitative estimate of drug-likeness (QED) is 0.610. The third-order valence-electron chi connectivity index (χ3n) is 5.82. The van der Waals surface area contributed by atoms with Gasteiger partial charge in [-0.25, -0.2) is 0 Å². The molecule has 0 unspecified atom stereocenters. The molecule has 4 nitrogen and oxygen atoms in total. The number of aryl methyl sites for hydroxylation is 2. The number of anilines is 2. The van der Waals surface area contributed by atoms with Gasteiger partial charge in [0.25, 0.3) is 0 Å². The van der Waals surface area contributed by atoms with Crippen LogP contribution >= 0.6 is 0 Å². The van der Waals surface area contributed by atoms with Crippen LogP contribution in [0.3, 0.4) is 0 Å². The molecule has 0 spiro atoms. The Hall–Kier alpha value is -3.09. The minimum absolute atomic E-state index is 0.423. The lowest BCUT2D eigenvalue weighted by Crippen LogP contribution is -2.51. The molecule has 0 atom stereocenters. The number of rotatable bonds is 3. The van der Waals surface area contributed by atoms with Crippen LogP contribution in [0.2, 0.25) is 0 Å². The van der Waals surface area contributed by atoms with Crippen LogP contribution in [-0.2, 0) is 6.18 Å². The highest BCUT2D eigenvalue weighted by Crippen LogP contribution is 2.33. The van der Waals surface area contributed by atoms with E-state index in [1.807, 2.05) is 41.8 Å². The van der Waals surface area contributed by atoms with Gasteiger partial charge in [0.05, 0.1) is 11.1 Å². The Bertz CT molecular complexity index is 1170. The lowest BCUT2D eigenvalue weighted by molar-refractivity contribution is -0.137. The van der Waals surface area contributed by atoms with Crippen LogP contribution in [0.25, 0.3) is 11.1 Å². The molecule has 156 valence electrons. The summed E-state index contributed by atoms with van der Waals surface area (Å²) in [4.78, 5) is 28.3. The van der Waals surface area contributed by atoms with Gasteiger partial charge in [-0.1, -0.05) is 24.3 Å². The minimum atomic E-state index is -4.39. The van der Waals surface area contributed by atoms with E-state index >= 15 is 0 Å². The Labute approximate surface area is 171 Å². The van der Waals surface area contributed by atoms with Gasteiger partial charge in [0.2, 0.25) is 10.9 Å². The first-order valence-corrected chi connectivity index (χ1v) is 9.75. The Kier molecular flexibility index (Phi) is 4.92. The van der Waals surface area contributed by atoms with Crippen molar-refractivity contribution in [2.75, 3.05) is 36.0 Å². The second-order valence-electron chi connectivity index (χ2n) is 7.70. The van der Waals surface area contributed by atoms with Crippen LogP contribution < -0.4 is 20.7 Å². The molecule has 30 heavy (non-hydrogen) atoms. The zero-order valence-corrected chi connectivity index (χ0v) is 16.7. The van der Waals surface area contributed by atoms with Crippen molar-refractivity contribution in [3.63, 3.8) is 0 Å². The summed E-state index contributed by atoms with van der Waals surface area (Å²) < 4.78 is 39.0. The lowest BCUT2D eigenvalue weighted by Gasteiger charge is -2.38. The number of hydrogen-bond donors (Lipinski definition) is 0. The van der Waals surface area contributed by atoms with Gasteiger partial charge in [-0.05, 0) is 48.7 Å². The summed E-state index contributed by atoms with van der Waals surface area (Å²) in [5, 5.41) is 0. The van der Waals surface area contributed by atoms with Crippen LogP contribution in [0.4, 0.5) is 24.5 Å². The molecule has 0 bridgehead atoms. The van der Waals surface area contributed by atoms with Gasteiger partial charge in [0, 0.05) is 31.9 Å². The fraction of sp³-hybridized carbons (Fsp3) is 0.304. The Morgan fingerprint density at radius 2 is 1.47 bits per heavy atom. The van der Waals surface area contributed by atoms with Crippen molar-refractivity contribution in [1.82, 2.24) is 0 Å². The van der Waals surface area contributed by atoms with E-state index in [1.165, 1.54) is 6.07 Å². The number of alkyl halides is 3. The van der Waals surface area contributed by atoms with Crippen LogP contribution in [0.5, 0.6) is 0 Å². The van der Waals surface area contributed by atoms with Crippen molar-refractivity contribution in [2.45, 2.75) is 20.0 Å². The summed E-state index contributed by atoms with van der Waals surface area (Å²) in [6, 6.07) is 10.9. The monoisotopic (exact) mass is 414 g/mol. The first kappa shape index (κ1) is 20.2. The number of hydrogen-bond acceptors (Lipinski definition) is 4. The number of halogens is 3. The second-order valence-corrected chi connectivity index (χ2v) is 7.70. The SMILES string of the molecule is Cc1ccc(-c2c(N3CCN(c4cccc(C(F)(F)F)c4)CC3)c(=O)c2=O)cc1C. The summed E-state index contributed by atoms with van der Waals surface area (Å²) in [5.41, 5.74) is 2.60. The molecule has 1 aliphatic heterocycles. The lowest BCUT2D eigenvalue weighted by atomic mass is 9.94. The zero-order valence-electron chi connectivity index (χ0n) is 16.7. The van der Waals surface area contributed by atoms with E-state index in [0.29, 0.717) is 43.1 Å². The molecule has 0 radical (unpaired) electrons. The Morgan fingerprint density at radius 3 is 2.10 bits per heavy atom. The molecule has 0 saturated carbocycles. The van der Waals surface area contributed by atoms with Crippen molar-refractivity contribution < 1.29 is 13.2 Å². The van der Waals surface area contributed by atoms with Crippen molar-refractivity contribution in [3.05, 3.63) is 79.6 Å². The standard InChI is InChI=1S/C23H21F3N2O2/c1-14-6-7-16(12-15(14)2)19-20(22(30)21(19)29)28-10-8-27(9-11-28)18-5-3-4-17(13-18)23(24,25)26/h3-7,12-13H,8-11H2,1-2H3. The smallest absolute Gasteiger partial charge is 0.368 e. The number of piperazine rings is 1. The summed E-state index contributed by atoms with van der Waals surface area (Å²) in [5.74, 6) is 0. The molecular formula is C23H21F3N2O2. The van der Waals surface area contributed by atoms with Crippen molar-refractivity contribution >= 4 is 11.4 Å². The van der Waals surface area contributed by atoms with Crippen molar-refractivity contribution in [1.29, 1.82) is 0 Å². The number of benzene rings is 2. The third-order valence-corrected chi connectivity index (χ3v) is 5.82. The van der Waals surface area contributed by atoms with Gasteiger partial charge in [-0.3, -0.25) is 9.59 Å². The summed E-state index contributed by atoms with van der Waals surface area (Å²) in [7, 11) is 0. The third kappa shape index (κ3) is 3.49. The highest BCUT2D eigenvalue weighted by atomic mass is 19.4. The topological polar surface area (TPSA) is 40.6 Å². The highest BCUT2D eigenvalue weighted by molar-refractivity contribution is 5.83. The van der Waals surface area contributed by atoms with E-state index in [9.17, 15) is 22.8 Å². The molecule has 0 aromatic heterocycles. The molecule has 1 aliphatic rings. The van der Waals surface area contributed by atoms with Crippen LogP contribution in [0.15, 0.2) is 52.1 Å². The summed E-state index contributed by atoms with van der Waals surface area (Å²) in [6.07, 6.45) is -4.39. The molecule has 4 rings (SSSR count). The first-order valence-electron chi connectivity index (χ1n) is 9.75. The maximum Gasteiger partial charge on any atom is 0.416 e. The van der Waals surface area contributed by atoms with Crippen molar-refractivity contribution in [3.8, 4) is 11.1 Å². The van der Waals surface area contributed by atoms with Gasteiger partial charge in [-0.2, -0.15) is 13.2 Å². The maximum atomic E-state index is 13.0. The fourth-order valence-electron chi connectivity index (χ4n) is 3.91. The maximum absolute atomic E-state index is 13.0. The van der Waals surface area contributed by atoms with Gasteiger partial charge < -0.3 is 9.80 Å². The molecule has 7 heteroatoms. The van der Waals surface area contributed by atoms with Crippen LogP contribution in [-0.4, -0.2) is 26.2 Å². The van der Waals surface area contributed by atoms with Crippen LogP contribution in [0, 0.1) is 13.8 Å². The zero-order chi connectivity index (χ0) is 21.6. The molecule has 1 saturated heterocycles. The van der Waals surface area contributed by atoms with Gasteiger partial charge >= 0.3 is 6.18 Å². The minimum Gasteiger partial charge on any atom is -0.368 e. The van der Waals surface area contributed by atoms with E-state index < -0.39 is 22.6 Å². The average Bonchev–Trinajstić information content (AvgIpc) is 2.73. The first-order chi connectivity index (χ1) is 14.2. The van der Waals surface area contributed by atoms with E-state index in [0.717, 1.165) is 28.8 Å². The summed E-state index contributed by atoms with van der Waals surface area (Å²) in [6.45, 7) is 5.78. The summed E-state index contributed by atoms with van der Waals surface area (Å²) >= 11 is 0. The normalized spacial score (nSPS) is 15.1. The molecule has 0 aliphatic carbocycles. The van der Waals surface area contributed by atoms with Gasteiger partial charge in [0.15, 0.2) is 0 Å². The average molecular weight is 414 g/mol. The van der Waals surface area contributed by atoms with Crippen LogP contribution in [0.1, 0.15) is 16.7 Å². The Balaban J connectivity index is 1.55. The largest absolute Gasteiger partial charge is 0.416 e. The Morgan fingerprint density at radius 1 is 0.800 bits per heavy atom. The van der Waals surface area contributed by atoms with E-state index in [1.54, 1.807) is 6.07 Å². The molecule has 1 fully saturated rings. The molecular weight excluding hydrogens is 393 g/mol.